The summed E-state index contributed by atoms with van der Waals surface area (Å²) in [5.74, 6) is 2.43. The highest BCUT2D eigenvalue weighted by atomic mass is 35.5. The highest BCUT2D eigenvalue weighted by Crippen LogP contribution is 2.38. The third-order valence-corrected chi connectivity index (χ3v) is 14.7. The fraction of sp³-hybridized carbons (Fsp3) is 0.653. The average Bonchev–Trinajstić information content (AvgIpc) is 3.67. The van der Waals surface area contributed by atoms with E-state index in [0.717, 1.165) is 12.6 Å². The predicted octanol–water partition coefficient (Wildman–Crippen LogP) is 4.18. The molecule has 0 aliphatic carbocycles. The molecule has 11 rings (SSSR count). The van der Waals surface area contributed by atoms with E-state index in [0.29, 0.717) is 110 Å². The first kappa shape index (κ1) is 57.2. The van der Waals surface area contributed by atoms with Gasteiger partial charge in [-0.3, -0.25) is 0 Å². The molecule has 29 heteroatoms. The van der Waals surface area contributed by atoms with Gasteiger partial charge < -0.3 is 68.0 Å². The van der Waals surface area contributed by atoms with Gasteiger partial charge in [0.2, 0.25) is 29.1 Å². The van der Waals surface area contributed by atoms with E-state index in [1.165, 1.54) is 24.8 Å². The number of pyridine rings is 2. The summed E-state index contributed by atoms with van der Waals surface area (Å²) < 4.78 is 99.9. The topological polar surface area (TPSA) is 232 Å². The number of ether oxygens (including phenoxy) is 6. The number of aromatic nitrogens is 8. The molecule has 4 aromatic rings. The number of aliphatic imine (C=N–C) groups is 1. The van der Waals surface area contributed by atoms with Crippen LogP contribution in [0.2, 0.25) is 5.28 Å². The highest BCUT2D eigenvalue weighted by Gasteiger charge is 2.53. The molecule has 4 aromatic heterocycles. The largest absolute Gasteiger partial charge is 0.496 e. The van der Waals surface area contributed by atoms with Gasteiger partial charge in [-0.15, -0.1) is 0 Å². The van der Waals surface area contributed by atoms with Crippen molar-refractivity contribution in [1.29, 1.82) is 0 Å². The maximum absolute atomic E-state index is 13.8. The van der Waals surface area contributed by atoms with Crippen molar-refractivity contribution in [1.82, 2.24) is 44.8 Å². The number of alkyl halides is 4. The standard InChI is InChI=1S/C20H25F2N7O3.C15H22BF2N3O2.C14H20ClN5O3/c1-11-6-30-3-2-28(11)19-25-18(15-5-24-16(23)4-14(15)17(21)22)26-20(27-19)29-12-7-31-9-13(29)10-32-8-12;1-14(2)15(3,4)23-16(22-14)11-8-19-12(20-9-21(5)6)7-10(11)13(17)18;1-9-4-21-3-2-19(9)13-16-12(15)17-14(18-13)20-10-5-22-7-11(20)8-23-6-10/h4-5,11-13,17H,2-3,6-10H2,1H3,(H2,23,24);7-9,13H,1-6H3;9-11H,2-8H2,1H3/t11-,12?,13?;;9-,10?,11?/m1.1/s1. The van der Waals surface area contributed by atoms with Crippen molar-refractivity contribution < 1.29 is 55.3 Å². The van der Waals surface area contributed by atoms with Crippen molar-refractivity contribution in [2.75, 3.05) is 132 Å². The van der Waals surface area contributed by atoms with Crippen molar-refractivity contribution in [2.24, 2.45) is 4.99 Å². The lowest BCUT2D eigenvalue weighted by atomic mass is 9.77. The van der Waals surface area contributed by atoms with Crippen molar-refractivity contribution in [3.8, 4) is 11.4 Å². The Bertz CT molecular complexity index is 2670. The maximum atomic E-state index is 13.8. The van der Waals surface area contributed by atoms with Crippen LogP contribution in [0.3, 0.4) is 0 Å². The Hall–Kier alpha value is -5.46. The highest BCUT2D eigenvalue weighted by molar-refractivity contribution is 6.62. The van der Waals surface area contributed by atoms with Gasteiger partial charge in [0, 0.05) is 61.7 Å². The van der Waals surface area contributed by atoms with Crippen LogP contribution in [0.15, 0.2) is 29.5 Å². The number of rotatable bonds is 10. The summed E-state index contributed by atoms with van der Waals surface area (Å²) in [6, 6.07) is 2.79. The minimum atomic E-state index is -2.75. The van der Waals surface area contributed by atoms with Gasteiger partial charge in [0.1, 0.15) is 5.82 Å². The molecule has 7 aliphatic rings. The van der Waals surface area contributed by atoms with E-state index < -0.39 is 31.2 Å². The molecule has 0 unspecified atom stereocenters. The number of anilines is 5. The van der Waals surface area contributed by atoms with Crippen LogP contribution < -0.4 is 30.8 Å². The zero-order valence-electron chi connectivity index (χ0n) is 45.0. The van der Waals surface area contributed by atoms with Crippen LogP contribution in [0.25, 0.3) is 11.4 Å². The molecule has 0 aromatic carbocycles. The Balaban J connectivity index is 0.000000145. The molecule has 11 heterocycles. The van der Waals surface area contributed by atoms with Gasteiger partial charge in [-0.25, -0.2) is 32.5 Å². The van der Waals surface area contributed by atoms with Crippen LogP contribution in [0, 0.1) is 0 Å². The predicted molar refractivity (Wildman–Crippen MR) is 283 cm³/mol. The minimum absolute atomic E-state index is 0.0141. The normalized spacial score (nSPS) is 25.7. The Kier molecular flexibility index (Phi) is 18.0. The summed E-state index contributed by atoms with van der Waals surface area (Å²) in [5, 5.41) is 0.217. The van der Waals surface area contributed by atoms with Crippen molar-refractivity contribution in [3.05, 3.63) is 40.9 Å². The number of morpholine rings is 6. The molecule has 78 heavy (non-hydrogen) atoms. The second-order valence-electron chi connectivity index (χ2n) is 21.0. The molecule has 23 nitrogen and oxygen atoms in total. The molecule has 4 bridgehead atoms. The van der Waals surface area contributed by atoms with Gasteiger partial charge in [-0.1, -0.05) is 0 Å². The van der Waals surface area contributed by atoms with Crippen LogP contribution in [0.4, 0.5) is 53.0 Å². The first-order chi connectivity index (χ1) is 37.3. The lowest BCUT2D eigenvalue weighted by Gasteiger charge is -2.45. The van der Waals surface area contributed by atoms with Crippen molar-refractivity contribution in [2.45, 2.75) is 102 Å². The molecule has 7 fully saturated rings. The summed E-state index contributed by atoms with van der Waals surface area (Å²) in [7, 11) is 2.70. The zero-order chi connectivity index (χ0) is 55.5. The molecule has 2 N–H and O–H groups in total. The van der Waals surface area contributed by atoms with Gasteiger partial charge in [-0.05, 0) is 65.3 Å². The van der Waals surface area contributed by atoms with Crippen molar-refractivity contribution >= 4 is 65.9 Å². The molecule has 0 saturated carbocycles. The Labute approximate surface area is 455 Å². The van der Waals surface area contributed by atoms with E-state index in [1.807, 2.05) is 39.5 Å². The smallest absolute Gasteiger partial charge is 0.399 e. The maximum Gasteiger partial charge on any atom is 0.496 e. The van der Waals surface area contributed by atoms with Crippen LogP contribution in [-0.4, -0.2) is 212 Å². The molecule has 7 saturated heterocycles. The van der Waals surface area contributed by atoms with Gasteiger partial charge in [0.15, 0.2) is 11.6 Å². The van der Waals surface area contributed by atoms with Gasteiger partial charge >= 0.3 is 7.12 Å². The molecule has 424 valence electrons. The summed E-state index contributed by atoms with van der Waals surface area (Å²) >= 11 is 6.18. The van der Waals surface area contributed by atoms with Gasteiger partial charge in [0.05, 0.1) is 133 Å². The monoisotopic (exact) mass is 1120 g/mol. The number of hydrogen-bond acceptors (Lipinski definition) is 22. The summed E-state index contributed by atoms with van der Waals surface area (Å²) in [6.45, 7) is 19.7. The number of fused-ring (bicyclic) bond motifs is 4. The van der Waals surface area contributed by atoms with E-state index in [2.05, 4.69) is 56.5 Å². The summed E-state index contributed by atoms with van der Waals surface area (Å²) in [5.41, 5.74) is 4.40. The summed E-state index contributed by atoms with van der Waals surface area (Å²) in [6.07, 6.45) is -1.26. The summed E-state index contributed by atoms with van der Waals surface area (Å²) in [4.78, 5) is 49.6. The lowest BCUT2D eigenvalue weighted by Crippen LogP contribution is -2.60. The molecule has 0 spiro atoms. The van der Waals surface area contributed by atoms with Gasteiger partial charge in [0.25, 0.3) is 12.9 Å². The SMILES string of the molecule is CN(C)C=Nc1cc(C(F)F)c(B2OC(C)(C)C(C)(C)O2)cn1.C[C@@H]1COCCN1c1nc(-c2cnc(N)cc2C(F)F)nc(N2C3COCC2COC3)n1.C[C@@H]1COCCN1c1nc(Cl)nc(N2C3COCC2COC3)n1. The lowest BCUT2D eigenvalue weighted by molar-refractivity contribution is -0.0355. The van der Waals surface area contributed by atoms with Gasteiger partial charge in [-0.2, -0.15) is 29.9 Å². The van der Waals surface area contributed by atoms with Crippen molar-refractivity contribution in [3.63, 3.8) is 0 Å². The first-order valence-corrected chi connectivity index (χ1v) is 26.3. The van der Waals surface area contributed by atoms with E-state index in [9.17, 15) is 17.6 Å². The molecular weight excluding hydrogens is 1050 g/mol. The van der Waals surface area contributed by atoms with E-state index in [-0.39, 0.29) is 81.1 Å². The zero-order valence-corrected chi connectivity index (χ0v) is 45.7. The van der Waals surface area contributed by atoms with Crippen LogP contribution in [0.1, 0.15) is 65.5 Å². The van der Waals surface area contributed by atoms with Crippen LogP contribution >= 0.6 is 11.6 Å². The molecule has 2 atom stereocenters. The average molecular weight is 1120 g/mol. The Morgan fingerprint density at radius 1 is 0.641 bits per heavy atom. The Morgan fingerprint density at radius 3 is 1.58 bits per heavy atom. The quantitative estimate of drug-likeness (QED) is 0.102. The molecule has 0 radical (unpaired) electrons. The Morgan fingerprint density at radius 2 is 1.10 bits per heavy atom. The molecule has 0 amide bonds. The third kappa shape index (κ3) is 12.9. The number of nitrogen functional groups attached to an aromatic ring is 1. The fourth-order valence-corrected chi connectivity index (χ4v) is 9.86. The third-order valence-electron chi connectivity index (χ3n) is 14.5. The van der Waals surface area contributed by atoms with Crippen LogP contribution in [-0.2, 0) is 37.7 Å². The number of halogens is 5. The van der Waals surface area contributed by atoms with E-state index >= 15 is 0 Å². The number of nitrogens with zero attached hydrogens (tertiary/aromatic N) is 14. The van der Waals surface area contributed by atoms with E-state index in [1.54, 1.807) is 19.0 Å². The number of hydrogen-bond donors (Lipinski definition) is 1. The first-order valence-electron chi connectivity index (χ1n) is 25.9. The second-order valence-corrected chi connectivity index (χ2v) is 21.4. The van der Waals surface area contributed by atoms with E-state index in [4.69, 9.17) is 65.0 Å². The molecule has 7 aliphatic heterocycles. The van der Waals surface area contributed by atoms with Crippen LogP contribution in [0.5, 0.6) is 0 Å². The number of nitrogens with two attached hydrogens (primary N) is 1. The second kappa shape index (κ2) is 24.5. The minimum Gasteiger partial charge on any atom is -0.399 e. The molecular formula is C49H67BClF4N15O8. The fourth-order valence-electron chi connectivity index (χ4n) is 9.71.